The topological polar surface area (TPSA) is 21.3 Å². The summed E-state index contributed by atoms with van der Waals surface area (Å²) in [5.41, 5.74) is 0. The molecule has 1 aromatic carbocycles. The highest BCUT2D eigenvalue weighted by molar-refractivity contribution is 7.99. The molecule has 0 bridgehead atoms. The van der Waals surface area contributed by atoms with Crippen molar-refractivity contribution in [3.63, 3.8) is 0 Å². The minimum absolute atomic E-state index is 0.520. The van der Waals surface area contributed by atoms with E-state index in [0.717, 1.165) is 41.7 Å². The van der Waals surface area contributed by atoms with Gasteiger partial charge in [-0.2, -0.15) is 0 Å². The van der Waals surface area contributed by atoms with Gasteiger partial charge >= 0.3 is 0 Å². The number of benzene rings is 1. The Labute approximate surface area is 119 Å². The van der Waals surface area contributed by atoms with Crippen molar-refractivity contribution < 1.29 is 4.74 Å². The van der Waals surface area contributed by atoms with Crippen LogP contribution in [0.15, 0.2) is 29.2 Å². The lowest BCUT2D eigenvalue weighted by Crippen LogP contribution is -2.31. The molecule has 1 N–H and O–H groups in total. The Morgan fingerprint density at radius 2 is 2.17 bits per heavy atom. The van der Waals surface area contributed by atoms with Crippen LogP contribution in [0.3, 0.4) is 0 Å². The number of rotatable bonds is 9. The zero-order valence-electron chi connectivity index (χ0n) is 11.1. The average Bonchev–Trinajstić information content (AvgIpc) is 2.38. The molecule has 0 aromatic heterocycles. The zero-order chi connectivity index (χ0) is 13.2. The maximum absolute atomic E-state index is 6.15. The monoisotopic (exact) mass is 287 g/mol. The lowest BCUT2D eigenvalue weighted by atomic mass is 10.2. The Morgan fingerprint density at radius 3 is 2.83 bits per heavy atom. The maximum Gasteiger partial charge on any atom is 0.0541 e. The van der Waals surface area contributed by atoms with Crippen molar-refractivity contribution in [2.24, 2.45) is 0 Å². The number of nitrogens with one attached hydrogen (secondary N) is 1. The summed E-state index contributed by atoms with van der Waals surface area (Å²) in [5, 5.41) is 4.35. The first-order chi connectivity index (χ1) is 8.77. The molecule has 1 atom stereocenters. The summed E-state index contributed by atoms with van der Waals surface area (Å²) in [5.74, 6) is 1.04. The van der Waals surface area contributed by atoms with Gasteiger partial charge in [-0.3, -0.25) is 0 Å². The second kappa shape index (κ2) is 9.68. The van der Waals surface area contributed by atoms with Gasteiger partial charge in [-0.1, -0.05) is 30.7 Å². The summed E-state index contributed by atoms with van der Waals surface area (Å²) < 4.78 is 5.10. The number of hydrogen-bond donors (Lipinski definition) is 1. The summed E-state index contributed by atoms with van der Waals surface area (Å²) >= 11 is 7.97. The van der Waals surface area contributed by atoms with Crippen molar-refractivity contribution in [3.05, 3.63) is 29.3 Å². The fraction of sp³-hybridized carbons (Fsp3) is 0.571. The van der Waals surface area contributed by atoms with Gasteiger partial charge in [0.15, 0.2) is 0 Å². The second-order valence-corrected chi connectivity index (χ2v) is 5.60. The Hall–Kier alpha value is -0.220. The normalized spacial score (nSPS) is 12.6. The van der Waals surface area contributed by atoms with E-state index in [4.69, 9.17) is 16.3 Å². The van der Waals surface area contributed by atoms with E-state index in [2.05, 4.69) is 18.3 Å². The minimum atomic E-state index is 0.520. The van der Waals surface area contributed by atoms with Gasteiger partial charge in [0.2, 0.25) is 0 Å². The molecular formula is C14H22ClNOS. The van der Waals surface area contributed by atoms with E-state index >= 15 is 0 Å². The quantitative estimate of drug-likeness (QED) is 0.551. The number of thioether (sulfide) groups is 1. The van der Waals surface area contributed by atoms with Crippen LogP contribution in [-0.2, 0) is 4.74 Å². The van der Waals surface area contributed by atoms with Crippen LogP contribution in [0.5, 0.6) is 0 Å². The molecule has 2 nitrogen and oxygen atoms in total. The number of ether oxygens (including phenoxy) is 1. The van der Waals surface area contributed by atoms with E-state index in [1.165, 1.54) is 0 Å². The van der Waals surface area contributed by atoms with Gasteiger partial charge in [-0.05, 0) is 31.5 Å². The number of hydrogen-bond acceptors (Lipinski definition) is 3. The molecule has 0 saturated heterocycles. The van der Waals surface area contributed by atoms with Crippen LogP contribution in [0.2, 0.25) is 5.02 Å². The van der Waals surface area contributed by atoms with E-state index in [1.807, 2.05) is 30.0 Å². The van der Waals surface area contributed by atoms with Gasteiger partial charge in [0.05, 0.1) is 5.02 Å². The van der Waals surface area contributed by atoms with Crippen LogP contribution >= 0.6 is 23.4 Å². The first-order valence-corrected chi connectivity index (χ1v) is 7.74. The minimum Gasteiger partial charge on any atom is -0.385 e. The molecule has 0 amide bonds. The van der Waals surface area contributed by atoms with E-state index in [0.29, 0.717) is 6.04 Å². The first-order valence-electron chi connectivity index (χ1n) is 6.37. The molecule has 18 heavy (non-hydrogen) atoms. The molecule has 102 valence electrons. The Morgan fingerprint density at radius 1 is 1.39 bits per heavy atom. The van der Waals surface area contributed by atoms with Crippen molar-refractivity contribution in [3.8, 4) is 0 Å². The highest BCUT2D eigenvalue weighted by Crippen LogP contribution is 2.27. The van der Waals surface area contributed by atoms with Crippen LogP contribution in [0.4, 0.5) is 0 Å². The van der Waals surface area contributed by atoms with E-state index in [9.17, 15) is 0 Å². The highest BCUT2D eigenvalue weighted by atomic mass is 35.5. The zero-order valence-corrected chi connectivity index (χ0v) is 12.7. The van der Waals surface area contributed by atoms with Crippen LogP contribution in [0, 0.1) is 0 Å². The average molecular weight is 288 g/mol. The molecule has 0 heterocycles. The van der Waals surface area contributed by atoms with Crippen molar-refractivity contribution >= 4 is 23.4 Å². The van der Waals surface area contributed by atoms with E-state index in [-0.39, 0.29) is 0 Å². The molecule has 1 rings (SSSR count). The third-order valence-corrected chi connectivity index (χ3v) is 4.35. The Balaban J connectivity index is 2.39. The summed E-state index contributed by atoms with van der Waals surface area (Å²) in [6.07, 6.45) is 2.23. The molecule has 1 aromatic rings. The Bertz CT molecular complexity index is 335. The molecule has 0 radical (unpaired) electrons. The first kappa shape index (κ1) is 15.8. The van der Waals surface area contributed by atoms with Crippen LogP contribution in [0.25, 0.3) is 0 Å². The molecule has 0 aliphatic rings. The van der Waals surface area contributed by atoms with E-state index in [1.54, 1.807) is 7.11 Å². The molecular weight excluding hydrogens is 266 g/mol. The predicted octanol–water partition coefficient (Wildman–Crippen LogP) is 3.84. The van der Waals surface area contributed by atoms with Gasteiger partial charge in [0.1, 0.15) is 0 Å². The summed E-state index contributed by atoms with van der Waals surface area (Å²) in [6, 6.07) is 8.53. The molecule has 1 unspecified atom stereocenters. The third-order valence-electron chi connectivity index (χ3n) is 2.67. The summed E-state index contributed by atoms with van der Waals surface area (Å²) in [7, 11) is 1.75. The second-order valence-electron chi connectivity index (χ2n) is 4.13. The van der Waals surface area contributed by atoms with E-state index < -0.39 is 0 Å². The van der Waals surface area contributed by atoms with Crippen molar-refractivity contribution in [1.29, 1.82) is 0 Å². The molecule has 0 aliphatic carbocycles. The van der Waals surface area contributed by atoms with Gasteiger partial charge in [0, 0.05) is 30.4 Å². The maximum atomic E-state index is 6.15. The molecule has 0 saturated carbocycles. The molecule has 0 fully saturated rings. The fourth-order valence-electron chi connectivity index (χ4n) is 1.76. The molecule has 0 spiro atoms. The molecule has 0 aliphatic heterocycles. The smallest absolute Gasteiger partial charge is 0.0541 e. The fourth-order valence-corrected chi connectivity index (χ4v) is 3.10. The van der Waals surface area contributed by atoms with Gasteiger partial charge in [-0.25, -0.2) is 0 Å². The lowest BCUT2D eigenvalue weighted by molar-refractivity contribution is 0.190. The largest absolute Gasteiger partial charge is 0.385 e. The van der Waals surface area contributed by atoms with Gasteiger partial charge in [0.25, 0.3) is 0 Å². The van der Waals surface area contributed by atoms with Crippen molar-refractivity contribution in [2.75, 3.05) is 26.0 Å². The van der Waals surface area contributed by atoms with Crippen molar-refractivity contribution in [2.45, 2.75) is 30.7 Å². The summed E-state index contributed by atoms with van der Waals surface area (Å²) in [4.78, 5) is 1.16. The lowest BCUT2D eigenvalue weighted by Gasteiger charge is -2.17. The number of methoxy groups -OCH3 is 1. The van der Waals surface area contributed by atoms with Crippen LogP contribution in [0.1, 0.15) is 19.8 Å². The third kappa shape index (κ3) is 6.10. The predicted molar refractivity (Wildman–Crippen MR) is 80.8 cm³/mol. The van der Waals surface area contributed by atoms with Crippen molar-refractivity contribution in [1.82, 2.24) is 5.32 Å². The van der Waals surface area contributed by atoms with Gasteiger partial charge < -0.3 is 10.1 Å². The SMILES string of the molecule is CCNC(CCCOC)CSc1ccccc1Cl. The molecule has 4 heteroatoms. The van der Waals surface area contributed by atoms with Gasteiger partial charge in [-0.15, -0.1) is 11.8 Å². The van der Waals surface area contributed by atoms with Crippen LogP contribution < -0.4 is 5.32 Å². The summed E-state index contributed by atoms with van der Waals surface area (Å²) in [6.45, 7) is 3.98. The highest BCUT2D eigenvalue weighted by Gasteiger charge is 2.09. The number of halogens is 1. The van der Waals surface area contributed by atoms with Crippen LogP contribution in [-0.4, -0.2) is 32.1 Å². The Kier molecular flexibility index (Phi) is 8.51. The standard InChI is InChI=1S/C14H22ClNOS/c1-3-16-12(7-6-10-17-2)11-18-14-9-5-4-8-13(14)15/h4-5,8-9,12,16H,3,6-7,10-11H2,1-2H3.